The van der Waals surface area contributed by atoms with Crippen molar-refractivity contribution < 1.29 is 0 Å². The first-order chi connectivity index (χ1) is 5.91. The first-order valence-electron chi connectivity index (χ1n) is 5.62. The molecule has 0 aromatic heterocycles. The van der Waals surface area contributed by atoms with Crippen molar-refractivity contribution in [2.24, 2.45) is 16.2 Å². The Balaban J connectivity index is 2.43. The SMILES string of the molecule is CC1(C)C=CC(C)(C)C12CCCC2. The summed E-state index contributed by atoms with van der Waals surface area (Å²) in [5.74, 6) is 0. The van der Waals surface area contributed by atoms with E-state index in [0.29, 0.717) is 16.2 Å². The van der Waals surface area contributed by atoms with Gasteiger partial charge < -0.3 is 0 Å². The van der Waals surface area contributed by atoms with Crippen LogP contribution >= 0.6 is 0 Å². The quantitative estimate of drug-likeness (QED) is 0.488. The molecule has 2 aliphatic carbocycles. The van der Waals surface area contributed by atoms with E-state index in [9.17, 15) is 0 Å². The molecule has 0 heterocycles. The molecule has 1 saturated carbocycles. The van der Waals surface area contributed by atoms with Gasteiger partial charge in [-0.1, -0.05) is 52.7 Å². The maximum atomic E-state index is 2.46. The average Bonchev–Trinajstić information content (AvgIpc) is 2.55. The smallest absolute Gasteiger partial charge is 0.0110 e. The minimum Gasteiger partial charge on any atom is -0.0817 e. The van der Waals surface area contributed by atoms with E-state index in [-0.39, 0.29) is 0 Å². The molecule has 0 atom stereocenters. The Kier molecular flexibility index (Phi) is 1.72. The summed E-state index contributed by atoms with van der Waals surface area (Å²) in [4.78, 5) is 0. The molecule has 0 amide bonds. The molecule has 74 valence electrons. The van der Waals surface area contributed by atoms with Gasteiger partial charge in [0.2, 0.25) is 0 Å². The highest BCUT2D eigenvalue weighted by molar-refractivity contribution is 5.24. The van der Waals surface area contributed by atoms with Crippen LogP contribution in [0.3, 0.4) is 0 Å². The van der Waals surface area contributed by atoms with E-state index in [1.165, 1.54) is 25.7 Å². The summed E-state index contributed by atoms with van der Waals surface area (Å²) in [6, 6.07) is 0. The highest BCUT2D eigenvalue weighted by Crippen LogP contribution is 2.65. The lowest BCUT2D eigenvalue weighted by molar-refractivity contribution is 0.0357. The molecule has 13 heavy (non-hydrogen) atoms. The summed E-state index contributed by atoms with van der Waals surface area (Å²) >= 11 is 0. The van der Waals surface area contributed by atoms with Gasteiger partial charge in [-0.2, -0.15) is 0 Å². The van der Waals surface area contributed by atoms with Gasteiger partial charge in [-0.05, 0) is 29.1 Å². The molecule has 0 aliphatic heterocycles. The van der Waals surface area contributed by atoms with Gasteiger partial charge in [0.15, 0.2) is 0 Å². The van der Waals surface area contributed by atoms with Gasteiger partial charge >= 0.3 is 0 Å². The number of allylic oxidation sites excluding steroid dienone is 2. The van der Waals surface area contributed by atoms with Gasteiger partial charge in [0.25, 0.3) is 0 Å². The molecule has 0 aromatic rings. The summed E-state index contributed by atoms with van der Waals surface area (Å²) in [6.07, 6.45) is 10.7. The van der Waals surface area contributed by atoms with E-state index in [1.54, 1.807) is 0 Å². The van der Waals surface area contributed by atoms with Crippen LogP contribution in [0.15, 0.2) is 12.2 Å². The Morgan fingerprint density at radius 2 is 1.15 bits per heavy atom. The van der Waals surface area contributed by atoms with E-state index in [4.69, 9.17) is 0 Å². The van der Waals surface area contributed by atoms with E-state index >= 15 is 0 Å². The van der Waals surface area contributed by atoms with Crippen LogP contribution in [0.4, 0.5) is 0 Å². The largest absolute Gasteiger partial charge is 0.0817 e. The third-order valence-corrected chi connectivity index (χ3v) is 4.84. The van der Waals surface area contributed by atoms with Crippen LogP contribution in [0.25, 0.3) is 0 Å². The van der Waals surface area contributed by atoms with E-state index in [1.807, 2.05) is 0 Å². The molecule has 0 radical (unpaired) electrons. The molecular weight excluding hydrogens is 156 g/mol. The maximum absolute atomic E-state index is 2.46. The lowest BCUT2D eigenvalue weighted by Crippen LogP contribution is -2.40. The lowest BCUT2D eigenvalue weighted by Gasteiger charge is -2.47. The normalized spacial score (nSPS) is 32.9. The minimum atomic E-state index is 0.424. The van der Waals surface area contributed by atoms with Gasteiger partial charge in [-0.3, -0.25) is 0 Å². The van der Waals surface area contributed by atoms with E-state index < -0.39 is 0 Å². The molecule has 0 aromatic carbocycles. The molecule has 0 nitrogen and oxygen atoms in total. The van der Waals surface area contributed by atoms with Crippen LogP contribution in [-0.2, 0) is 0 Å². The van der Waals surface area contributed by atoms with E-state index in [2.05, 4.69) is 39.8 Å². The number of rotatable bonds is 0. The van der Waals surface area contributed by atoms with Crippen molar-refractivity contribution in [3.05, 3.63) is 12.2 Å². The highest BCUT2D eigenvalue weighted by atomic mass is 14.6. The second kappa shape index (κ2) is 2.40. The van der Waals surface area contributed by atoms with Gasteiger partial charge in [-0.15, -0.1) is 0 Å². The lowest BCUT2D eigenvalue weighted by atomic mass is 9.56. The molecule has 0 unspecified atom stereocenters. The Morgan fingerprint density at radius 1 is 0.769 bits per heavy atom. The first-order valence-corrected chi connectivity index (χ1v) is 5.62. The zero-order chi connectivity index (χ0) is 9.74. The fourth-order valence-electron chi connectivity index (χ4n) is 3.83. The van der Waals surface area contributed by atoms with Crippen molar-refractivity contribution >= 4 is 0 Å². The molecule has 1 fully saturated rings. The predicted molar refractivity (Wildman–Crippen MR) is 57.6 cm³/mol. The molecule has 0 N–H and O–H groups in total. The Morgan fingerprint density at radius 3 is 1.54 bits per heavy atom. The molecule has 2 aliphatic rings. The maximum Gasteiger partial charge on any atom is -0.0110 e. The van der Waals surface area contributed by atoms with Crippen LogP contribution in [0.2, 0.25) is 0 Å². The van der Waals surface area contributed by atoms with Crippen LogP contribution in [0.1, 0.15) is 53.4 Å². The fraction of sp³-hybridized carbons (Fsp3) is 0.846. The topological polar surface area (TPSA) is 0 Å². The monoisotopic (exact) mass is 178 g/mol. The van der Waals surface area contributed by atoms with Crippen LogP contribution < -0.4 is 0 Å². The zero-order valence-electron chi connectivity index (χ0n) is 9.48. The van der Waals surface area contributed by atoms with Crippen molar-refractivity contribution in [2.45, 2.75) is 53.4 Å². The molecule has 2 rings (SSSR count). The van der Waals surface area contributed by atoms with Crippen LogP contribution in [0.5, 0.6) is 0 Å². The zero-order valence-corrected chi connectivity index (χ0v) is 9.48. The second-order valence-corrected chi connectivity index (χ2v) is 6.07. The van der Waals surface area contributed by atoms with E-state index in [0.717, 1.165) is 0 Å². The molecular formula is C13H22. The van der Waals surface area contributed by atoms with Gasteiger partial charge in [0.1, 0.15) is 0 Å². The highest BCUT2D eigenvalue weighted by Gasteiger charge is 2.56. The van der Waals surface area contributed by atoms with Gasteiger partial charge in [-0.25, -0.2) is 0 Å². The van der Waals surface area contributed by atoms with Crippen molar-refractivity contribution in [1.82, 2.24) is 0 Å². The van der Waals surface area contributed by atoms with Crippen molar-refractivity contribution in [2.75, 3.05) is 0 Å². The third kappa shape index (κ3) is 0.978. The third-order valence-electron chi connectivity index (χ3n) is 4.84. The summed E-state index contributed by atoms with van der Waals surface area (Å²) in [5, 5.41) is 0. The molecule has 1 spiro atoms. The summed E-state index contributed by atoms with van der Waals surface area (Å²) in [6.45, 7) is 9.68. The Labute approximate surface area is 82.4 Å². The minimum absolute atomic E-state index is 0.424. The predicted octanol–water partition coefficient (Wildman–Crippen LogP) is 4.17. The average molecular weight is 178 g/mol. The second-order valence-electron chi connectivity index (χ2n) is 6.07. The standard InChI is InChI=1S/C13H22/c1-11(2)9-10-12(3,4)13(11)7-5-6-8-13/h9-10H,5-8H2,1-4H3. The van der Waals surface area contributed by atoms with Crippen LogP contribution in [0, 0.1) is 16.2 Å². The number of hydrogen-bond acceptors (Lipinski definition) is 0. The number of hydrogen-bond donors (Lipinski definition) is 0. The van der Waals surface area contributed by atoms with Gasteiger partial charge in [0, 0.05) is 0 Å². The van der Waals surface area contributed by atoms with Crippen LogP contribution in [-0.4, -0.2) is 0 Å². The molecule has 0 heteroatoms. The fourth-order valence-corrected chi connectivity index (χ4v) is 3.83. The van der Waals surface area contributed by atoms with Crippen molar-refractivity contribution in [1.29, 1.82) is 0 Å². The van der Waals surface area contributed by atoms with Crippen molar-refractivity contribution in [3.8, 4) is 0 Å². The van der Waals surface area contributed by atoms with Gasteiger partial charge in [0.05, 0.1) is 0 Å². The molecule has 0 bridgehead atoms. The summed E-state index contributed by atoms with van der Waals surface area (Å²) in [5.41, 5.74) is 1.42. The molecule has 0 saturated heterocycles. The summed E-state index contributed by atoms with van der Waals surface area (Å²) in [7, 11) is 0. The summed E-state index contributed by atoms with van der Waals surface area (Å²) < 4.78 is 0. The van der Waals surface area contributed by atoms with Crippen molar-refractivity contribution in [3.63, 3.8) is 0 Å². The first kappa shape index (κ1) is 9.30. The Bertz CT molecular complexity index is 217. The Hall–Kier alpha value is -0.260.